The first-order chi connectivity index (χ1) is 7.74. The smallest absolute Gasteiger partial charge is 0.235 e. The number of amides is 1. The molecule has 1 saturated heterocycles. The molecule has 16 heavy (non-hydrogen) atoms. The normalized spacial score (nSPS) is 21.9. The summed E-state index contributed by atoms with van der Waals surface area (Å²) in [7, 11) is 0. The quantitative estimate of drug-likeness (QED) is 0.752. The number of para-hydroxylation sites is 1. The minimum Gasteiger partial charge on any atom is -0.381 e. The van der Waals surface area contributed by atoms with Crippen molar-refractivity contribution in [2.75, 3.05) is 18.5 Å². The van der Waals surface area contributed by atoms with E-state index in [-0.39, 0.29) is 5.91 Å². The van der Waals surface area contributed by atoms with Gasteiger partial charge in [-0.1, -0.05) is 23.7 Å². The lowest BCUT2D eigenvalue weighted by Crippen LogP contribution is -2.39. The molecule has 3 rings (SSSR count). The Balaban J connectivity index is 2.15. The number of hydrogen-bond acceptors (Lipinski definition) is 2. The van der Waals surface area contributed by atoms with E-state index < -0.39 is 5.41 Å². The molecule has 0 bridgehead atoms. The Bertz CT molecular complexity index is 452. The minimum absolute atomic E-state index is 0.0684. The Morgan fingerprint density at radius 2 is 2.06 bits per heavy atom. The molecule has 1 spiro atoms. The second-order valence-electron chi connectivity index (χ2n) is 4.31. The number of anilines is 1. The first-order valence-electron chi connectivity index (χ1n) is 5.42. The van der Waals surface area contributed by atoms with E-state index >= 15 is 0 Å². The van der Waals surface area contributed by atoms with Gasteiger partial charge in [0.15, 0.2) is 0 Å². The van der Waals surface area contributed by atoms with Crippen LogP contribution in [0, 0.1) is 0 Å². The third kappa shape index (κ3) is 1.22. The summed E-state index contributed by atoms with van der Waals surface area (Å²) >= 11 is 6.09. The molecule has 0 aromatic heterocycles. The lowest BCUT2D eigenvalue weighted by Gasteiger charge is -2.31. The molecule has 1 N–H and O–H groups in total. The molecule has 2 aliphatic rings. The summed E-state index contributed by atoms with van der Waals surface area (Å²) in [4.78, 5) is 12.1. The highest BCUT2D eigenvalue weighted by Gasteiger charge is 2.48. The van der Waals surface area contributed by atoms with Crippen molar-refractivity contribution in [2.45, 2.75) is 18.3 Å². The number of hydrogen-bond donors (Lipinski definition) is 1. The van der Waals surface area contributed by atoms with Crippen molar-refractivity contribution >= 4 is 23.2 Å². The van der Waals surface area contributed by atoms with Crippen molar-refractivity contribution in [1.82, 2.24) is 0 Å². The van der Waals surface area contributed by atoms with Crippen LogP contribution in [-0.4, -0.2) is 19.1 Å². The van der Waals surface area contributed by atoms with E-state index in [4.69, 9.17) is 16.3 Å². The molecule has 3 nitrogen and oxygen atoms in total. The first-order valence-corrected chi connectivity index (χ1v) is 5.80. The number of rotatable bonds is 0. The molecular weight excluding hydrogens is 226 g/mol. The Labute approximate surface area is 98.7 Å². The van der Waals surface area contributed by atoms with Gasteiger partial charge in [-0.2, -0.15) is 0 Å². The van der Waals surface area contributed by atoms with Gasteiger partial charge in [-0.3, -0.25) is 4.79 Å². The van der Waals surface area contributed by atoms with Gasteiger partial charge < -0.3 is 10.1 Å². The highest BCUT2D eigenvalue weighted by Crippen LogP contribution is 2.46. The summed E-state index contributed by atoms with van der Waals surface area (Å²) in [6, 6.07) is 5.70. The second-order valence-corrected chi connectivity index (χ2v) is 4.72. The van der Waals surface area contributed by atoms with Gasteiger partial charge in [0.25, 0.3) is 0 Å². The summed E-state index contributed by atoms with van der Waals surface area (Å²) < 4.78 is 5.34. The van der Waals surface area contributed by atoms with Crippen LogP contribution >= 0.6 is 11.6 Å². The lowest BCUT2D eigenvalue weighted by atomic mass is 9.75. The summed E-state index contributed by atoms with van der Waals surface area (Å²) in [6.45, 7) is 1.28. The van der Waals surface area contributed by atoms with Crippen LogP contribution in [0.4, 0.5) is 5.69 Å². The Kier molecular flexibility index (Phi) is 2.19. The number of fused-ring (bicyclic) bond motifs is 2. The molecule has 1 aromatic rings. The second kappa shape index (κ2) is 3.47. The predicted octanol–water partition coefficient (Wildman–Crippen LogP) is 2.34. The zero-order chi connectivity index (χ0) is 11.2. The van der Waals surface area contributed by atoms with Crippen molar-refractivity contribution in [2.24, 2.45) is 0 Å². The Hall–Kier alpha value is -1.06. The molecule has 1 amide bonds. The molecule has 0 radical (unpaired) electrons. The molecule has 0 aliphatic carbocycles. The molecule has 84 valence electrons. The minimum atomic E-state index is -0.404. The summed E-state index contributed by atoms with van der Waals surface area (Å²) in [6.07, 6.45) is 1.48. The van der Waals surface area contributed by atoms with Crippen LogP contribution < -0.4 is 5.32 Å². The Morgan fingerprint density at radius 3 is 2.81 bits per heavy atom. The van der Waals surface area contributed by atoms with Crippen LogP contribution in [0.5, 0.6) is 0 Å². The summed E-state index contributed by atoms with van der Waals surface area (Å²) in [5.74, 6) is 0.0684. The third-order valence-corrected chi connectivity index (χ3v) is 3.86. The SMILES string of the molecule is O=C1Nc2c(Cl)cccc2C12CCOCC2. The Morgan fingerprint density at radius 1 is 1.31 bits per heavy atom. The summed E-state index contributed by atoms with van der Waals surface area (Å²) in [5.41, 5.74) is 1.42. The van der Waals surface area contributed by atoms with Gasteiger partial charge in [-0.15, -0.1) is 0 Å². The zero-order valence-electron chi connectivity index (χ0n) is 8.75. The van der Waals surface area contributed by atoms with Crippen LogP contribution in [0.25, 0.3) is 0 Å². The van der Waals surface area contributed by atoms with E-state index in [1.54, 1.807) is 6.07 Å². The molecular formula is C12H12ClNO2. The maximum atomic E-state index is 12.1. The summed E-state index contributed by atoms with van der Waals surface area (Å²) in [5, 5.41) is 3.52. The van der Waals surface area contributed by atoms with Gasteiger partial charge in [0, 0.05) is 13.2 Å². The number of halogens is 1. The lowest BCUT2D eigenvalue weighted by molar-refractivity contribution is -0.124. The standard InChI is InChI=1S/C12H12ClNO2/c13-9-3-1-2-8-10(9)14-11(15)12(8)4-6-16-7-5-12/h1-3H,4-7H2,(H,14,15). The molecule has 2 aliphatic heterocycles. The van der Waals surface area contributed by atoms with Gasteiger partial charge >= 0.3 is 0 Å². The van der Waals surface area contributed by atoms with E-state index in [0.29, 0.717) is 18.2 Å². The maximum absolute atomic E-state index is 12.1. The topological polar surface area (TPSA) is 38.3 Å². The molecule has 2 heterocycles. The average molecular weight is 238 g/mol. The third-order valence-electron chi connectivity index (χ3n) is 3.55. The number of carbonyl (C=O) groups is 1. The van der Waals surface area contributed by atoms with Crippen LogP contribution in [0.15, 0.2) is 18.2 Å². The van der Waals surface area contributed by atoms with E-state index in [0.717, 1.165) is 24.1 Å². The number of benzene rings is 1. The molecule has 4 heteroatoms. The van der Waals surface area contributed by atoms with E-state index in [9.17, 15) is 4.79 Å². The van der Waals surface area contributed by atoms with Gasteiger partial charge in [0.1, 0.15) is 0 Å². The molecule has 0 atom stereocenters. The van der Waals surface area contributed by atoms with Gasteiger partial charge in [-0.25, -0.2) is 0 Å². The monoisotopic (exact) mass is 237 g/mol. The highest BCUT2D eigenvalue weighted by atomic mass is 35.5. The van der Waals surface area contributed by atoms with Crippen LogP contribution in [0.3, 0.4) is 0 Å². The fourth-order valence-corrected chi connectivity index (χ4v) is 2.84. The van der Waals surface area contributed by atoms with Gasteiger partial charge in [-0.05, 0) is 24.5 Å². The highest BCUT2D eigenvalue weighted by molar-refractivity contribution is 6.34. The van der Waals surface area contributed by atoms with Crippen molar-refractivity contribution in [1.29, 1.82) is 0 Å². The molecule has 1 fully saturated rings. The van der Waals surface area contributed by atoms with Crippen molar-refractivity contribution in [3.8, 4) is 0 Å². The molecule has 0 saturated carbocycles. The fraction of sp³-hybridized carbons (Fsp3) is 0.417. The fourth-order valence-electron chi connectivity index (χ4n) is 2.62. The van der Waals surface area contributed by atoms with Crippen LogP contribution in [0.1, 0.15) is 18.4 Å². The van der Waals surface area contributed by atoms with E-state index in [1.807, 2.05) is 12.1 Å². The number of carbonyl (C=O) groups excluding carboxylic acids is 1. The van der Waals surface area contributed by atoms with E-state index in [1.165, 1.54) is 0 Å². The number of nitrogens with one attached hydrogen (secondary N) is 1. The van der Waals surface area contributed by atoms with Crippen LogP contribution in [-0.2, 0) is 14.9 Å². The van der Waals surface area contributed by atoms with Gasteiger partial charge in [0.2, 0.25) is 5.91 Å². The number of ether oxygens (including phenoxy) is 1. The predicted molar refractivity (Wildman–Crippen MR) is 61.8 cm³/mol. The van der Waals surface area contributed by atoms with Crippen molar-refractivity contribution < 1.29 is 9.53 Å². The van der Waals surface area contributed by atoms with Crippen molar-refractivity contribution in [3.63, 3.8) is 0 Å². The largest absolute Gasteiger partial charge is 0.381 e. The zero-order valence-corrected chi connectivity index (χ0v) is 9.51. The molecule has 1 aromatic carbocycles. The molecule has 0 unspecified atom stereocenters. The first kappa shape index (κ1) is 10.1. The van der Waals surface area contributed by atoms with Crippen LogP contribution in [0.2, 0.25) is 5.02 Å². The average Bonchev–Trinajstić information content (AvgIpc) is 2.57. The van der Waals surface area contributed by atoms with Gasteiger partial charge in [0.05, 0.1) is 16.1 Å². The maximum Gasteiger partial charge on any atom is 0.235 e. The van der Waals surface area contributed by atoms with E-state index in [2.05, 4.69) is 5.32 Å². The van der Waals surface area contributed by atoms with Crippen molar-refractivity contribution in [3.05, 3.63) is 28.8 Å².